The number of nitrogens with one attached hydrogen (secondary N) is 2. The van der Waals surface area contributed by atoms with E-state index in [4.69, 9.17) is 27.6 Å². The molecule has 0 spiro atoms. The van der Waals surface area contributed by atoms with Gasteiger partial charge in [-0.2, -0.15) is 0 Å². The van der Waals surface area contributed by atoms with Crippen LogP contribution in [-0.4, -0.2) is 34.9 Å². The van der Waals surface area contributed by atoms with E-state index in [1.165, 1.54) is 24.7 Å². The summed E-state index contributed by atoms with van der Waals surface area (Å²) in [6.07, 6.45) is 7.17. The summed E-state index contributed by atoms with van der Waals surface area (Å²) < 4.78 is 5.68. The molecule has 3 rings (SSSR count). The van der Waals surface area contributed by atoms with Crippen molar-refractivity contribution in [2.24, 2.45) is 0 Å². The Morgan fingerprint density at radius 2 is 1.90 bits per heavy atom. The van der Waals surface area contributed by atoms with E-state index >= 15 is 0 Å². The van der Waals surface area contributed by atoms with E-state index in [2.05, 4.69) is 20.6 Å². The van der Waals surface area contributed by atoms with Crippen molar-refractivity contribution in [1.29, 1.82) is 0 Å². The van der Waals surface area contributed by atoms with Crippen LogP contribution in [0.15, 0.2) is 59.4 Å². The van der Waals surface area contributed by atoms with Gasteiger partial charge in [0.15, 0.2) is 0 Å². The molecule has 29 heavy (non-hydrogen) atoms. The molecule has 0 bridgehead atoms. The summed E-state index contributed by atoms with van der Waals surface area (Å²) in [6, 6.07) is 8.60. The Morgan fingerprint density at radius 1 is 1.07 bits per heavy atom. The predicted octanol–water partition coefficient (Wildman–Crippen LogP) is 3.60. The average molecular weight is 431 g/mol. The first kappa shape index (κ1) is 20.6. The first-order valence-electron chi connectivity index (χ1n) is 8.58. The average Bonchev–Trinajstić information content (AvgIpc) is 3.19. The number of carbonyl (C=O) groups excluding carboxylic acids is 2. The first-order chi connectivity index (χ1) is 14.0. The molecule has 0 radical (unpaired) electrons. The maximum absolute atomic E-state index is 11.9. The van der Waals surface area contributed by atoms with Gasteiger partial charge in [0.2, 0.25) is 5.91 Å². The summed E-state index contributed by atoms with van der Waals surface area (Å²) in [4.78, 5) is 31.4. The number of furan rings is 1. The molecule has 2 aromatic heterocycles. The summed E-state index contributed by atoms with van der Waals surface area (Å²) in [5.74, 6) is 0.392. The van der Waals surface area contributed by atoms with Gasteiger partial charge in [-0.1, -0.05) is 23.2 Å². The van der Waals surface area contributed by atoms with Crippen molar-refractivity contribution in [1.82, 2.24) is 20.6 Å². The third-order valence-electron chi connectivity index (χ3n) is 3.73. The van der Waals surface area contributed by atoms with Crippen LogP contribution in [0.25, 0.3) is 17.4 Å². The van der Waals surface area contributed by atoms with Crippen LogP contribution in [0.5, 0.6) is 0 Å². The molecule has 1 aromatic carbocycles. The molecular weight excluding hydrogens is 415 g/mol. The summed E-state index contributed by atoms with van der Waals surface area (Å²) in [5.41, 5.74) is 0.923. The lowest BCUT2D eigenvalue weighted by Gasteiger charge is -2.04. The van der Waals surface area contributed by atoms with Gasteiger partial charge < -0.3 is 15.1 Å². The molecule has 0 aliphatic heterocycles. The van der Waals surface area contributed by atoms with Gasteiger partial charge >= 0.3 is 0 Å². The van der Waals surface area contributed by atoms with Crippen LogP contribution in [0, 0.1) is 0 Å². The van der Waals surface area contributed by atoms with Crippen LogP contribution in [0.1, 0.15) is 16.2 Å². The fourth-order valence-corrected chi connectivity index (χ4v) is 2.86. The zero-order valence-corrected chi connectivity index (χ0v) is 16.6. The number of benzene rings is 1. The molecule has 0 fully saturated rings. The number of amides is 2. The summed E-state index contributed by atoms with van der Waals surface area (Å²) in [6.45, 7) is 0.522. The molecule has 0 saturated carbocycles. The first-order valence-corrected chi connectivity index (χ1v) is 9.34. The van der Waals surface area contributed by atoms with Gasteiger partial charge in [0.05, 0.1) is 11.2 Å². The number of hydrogen-bond acceptors (Lipinski definition) is 5. The molecule has 0 atom stereocenters. The van der Waals surface area contributed by atoms with Crippen LogP contribution in [0.2, 0.25) is 10.0 Å². The Kier molecular flexibility index (Phi) is 6.99. The molecule has 0 saturated heterocycles. The van der Waals surface area contributed by atoms with Crippen molar-refractivity contribution in [3.05, 3.63) is 76.5 Å². The van der Waals surface area contributed by atoms with Crippen molar-refractivity contribution in [3.63, 3.8) is 0 Å². The molecule has 3 aromatic rings. The zero-order valence-electron chi connectivity index (χ0n) is 15.1. The standard InChI is InChI=1S/C20H16Cl2N4O3/c21-13-1-4-15(16(22)11-13)18-5-2-14(29-18)3-6-19(27)25-9-10-26-20(28)17-12-23-7-8-24-17/h1-8,11-12H,9-10H2,(H,25,27)(H,26,28)/b6-3+. The second-order valence-electron chi connectivity index (χ2n) is 5.80. The van der Waals surface area contributed by atoms with E-state index in [1.807, 2.05) is 0 Å². The predicted molar refractivity (Wildman–Crippen MR) is 111 cm³/mol. The number of carbonyl (C=O) groups is 2. The molecule has 0 aliphatic carbocycles. The van der Waals surface area contributed by atoms with Crippen LogP contribution in [0.4, 0.5) is 0 Å². The van der Waals surface area contributed by atoms with Crippen molar-refractivity contribution in [2.45, 2.75) is 0 Å². The number of hydrogen-bond donors (Lipinski definition) is 2. The van der Waals surface area contributed by atoms with Crippen molar-refractivity contribution >= 4 is 41.1 Å². The maximum Gasteiger partial charge on any atom is 0.271 e. The van der Waals surface area contributed by atoms with Crippen molar-refractivity contribution < 1.29 is 14.0 Å². The van der Waals surface area contributed by atoms with Gasteiger partial charge in [-0.15, -0.1) is 0 Å². The molecule has 7 nitrogen and oxygen atoms in total. The number of aromatic nitrogens is 2. The minimum atomic E-state index is -0.355. The number of nitrogens with zero attached hydrogens (tertiary/aromatic N) is 2. The smallest absolute Gasteiger partial charge is 0.271 e. The van der Waals surface area contributed by atoms with E-state index in [0.29, 0.717) is 27.1 Å². The largest absolute Gasteiger partial charge is 0.457 e. The monoisotopic (exact) mass is 430 g/mol. The third-order valence-corrected chi connectivity index (χ3v) is 4.28. The van der Waals surface area contributed by atoms with E-state index < -0.39 is 0 Å². The van der Waals surface area contributed by atoms with Crippen LogP contribution < -0.4 is 10.6 Å². The Balaban J connectivity index is 1.46. The van der Waals surface area contributed by atoms with E-state index in [9.17, 15) is 9.59 Å². The Labute approximate surface area is 176 Å². The summed E-state index contributed by atoms with van der Waals surface area (Å²) >= 11 is 12.1. The summed E-state index contributed by atoms with van der Waals surface area (Å²) in [7, 11) is 0. The third kappa shape index (κ3) is 5.91. The van der Waals surface area contributed by atoms with Crippen molar-refractivity contribution in [3.8, 4) is 11.3 Å². The minimum Gasteiger partial charge on any atom is -0.457 e. The van der Waals surface area contributed by atoms with Gasteiger partial charge in [0.1, 0.15) is 17.2 Å². The zero-order chi connectivity index (χ0) is 20.6. The molecule has 2 heterocycles. The van der Waals surface area contributed by atoms with Gasteiger partial charge in [0.25, 0.3) is 5.91 Å². The van der Waals surface area contributed by atoms with Crippen LogP contribution in [0.3, 0.4) is 0 Å². The Morgan fingerprint density at radius 3 is 2.66 bits per heavy atom. The number of halogens is 2. The summed E-state index contributed by atoms with van der Waals surface area (Å²) in [5, 5.41) is 6.31. The SMILES string of the molecule is O=C(/C=C/c1ccc(-c2ccc(Cl)cc2Cl)o1)NCCNC(=O)c1cnccn1. The quantitative estimate of drug-likeness (QED) is 0.440. The molecule has 2 amide bonds. The second-order valence-corrected chi connectivity index (χ2v) is 6.64. The highest BCUT2D eigenvalue weighted by atomic mass is 35.5. The highest BCUT2D eigenvalue weighted by Crippen LogP contribution is 2.31. The Hall–Kier alpha value is -3.16. The van der Waals surface area contributed by atoms with Gasteiger partial charge in [0, 0.05) is 42.1 Å². The lowest BCUT2D eigenvalue weighted by Crippen LogP contribution is -2.34. The highest BCUT2D eigenvalue weighted by Gasteiger charge is 2.09. The molecule has 0 unspecified atom stereocenters. The van der Waals surface area contributed by atoms with Crippen LogP contribution >= 0.6 is 23.2 Å². The fraction of sp³-hybridized carbons (Fsp3) is 0.100. The highest BCUT2D eigenvalue weighted by molar-refractivity contribution is 6.36. The van der Waals surface area contributed by atoms with Gasteiger partial charge in [-0.3, -0.25) is 14.6 Å². The number of rotatable bonds is 7. The minimum absolute atomic E-state index is 0.216. The van der Waals surface area contributed by atoms with Crippen LogP contribution in [-0.2, 0) is 4.79 Å². The molecule has 9 heteroatoms. The maximum atomic E-state index is 11.9. The molecular formula is C20H16Cl2N4O3. The van der Waals surface area contributed by atoms with E-state index in [-0.39, 0.29) is 30.6 Å². The van der Waals surface area contributed by atoms with E-state index in [1.54, 1.807) is 36.4 Å². The topological polar surface area (TPSA) is 97.1 Å². The van der Waals surface area contributed by atoms with Gasteiger partial charge in [-0.25, -0.2) is 4.98 Å². The molecule has 0 aliphatic rings. The lowest BCUT2D eigenvalue weighted by atomic mass is 10.2. The normalized spacial score (nSPS) is 10.8. The van der Waals surface area contributed by atoms with Crippen molar-refractivity contribution in [2.75, 3.05) is 13.1 Å². The second kappa shape index (κ2) is 9.86. The van der Waals surface area contributed by atoms with E-state index in [0.717, 1.165) is 0 Å². The Bertz CT molecular complexity index is 1040. The molecule has 2 N–H and O–H groups in total. The van der Waals surface area contributed by atoms with Gasteiger partial charge in [-0.05, 0) is 36.4 Å². The lowest BCUT2D eigenvalue weighted by molar-refractivity contribution is -0.116. The molecule has 148 valence electrons. The fourth-order valence-electron chi connectivity index (χ4n) is 2.36.